The van der Waals surface area contributed by atoms with Crippen LogP contribution < -0.4 is 5.73 Å². The van der Waals surface area contributed by atoms with Crippen molar-refractivity contribution in [3.63, 3.8) is 0 Å². The third kappa shape index (κ3) is 4.63. The van der Waals surface area contributed by atoms with E-state index < -0.39 is 0 Å². The van der Waals surface area contributed by atoms with E-state index in [1.807, 2.05) is 4.90 Å². The Morgan fingerprint density at radius 1 is 1.53 bits per heavy atom. The summed E-state index contributed by atoms with van der Waals surface area (Å²) in [5.74, 6) is 0.0938. The molecule has 1 aromatic heterocycles. The first kappa shape index (κ1) is 15.6. The summed E-state index contributed by atoms with van der Waals surface area (Å²) in [6, 6.07) is 0.261. The van der Waals surface area contributed by atoms with Crippen LogP contribution in [0.3, 0.4) is 0 Å². The molecular formula is C13H25N5O. The third-order valence-electron chi connectivity index (χ3n) is 3.29. The van der Waals surface area contributed by atoms with E-state index in [-0.39, 0.29) is 18.5 Å². The highest BCUT2D eigenvalue weighted by Gasteiger charge is 2.19. The van der Waals surface area contributed by atoms with Crippen LogP contribution >= 0.6 is 0 Å². The quantitative estimate of drug-likeness (QED) is 0.767. The van der Waals surface area contributed by atoms with Crippen molar-refractivity contribution in [1.82, 2.24) is 19.9 Å². The Labute approximate surface area is 115 Å². The summed E-state index contributed by atoms with van der Waals surface area (Å²) in [6.07, 6.45) is 4.80. The van der Waals surface area contributed by atoms with Gasteiger partial charge in [0.15, 0.2) is 0 Å². The zero-order valence-electron chi connectivity index (χ0n) is 12.2. The van der Waals surface area contributed by atoms with Crippen molar-refractivity contribution in [2.24, 2.45) is 5.73 Å². The van der Waals surface area contributed by atoms with Gasteiger partial charge in [-0.3, -0.25) is 4.79 Å². The predicted molar refractivity (Wildman–Crippen MR) is 74.3 cm³/mol. The second-order valence-electron chi connectivity index (χ2n) is 4.81. The number of aromatic nitrogens is 3. The van der Waals surface area contributed by atoms with E-state index in [2.05, 4.69) is 31.1 Å². The molecule has 19 heavy (non-hydrogen) atoms. The number of carbonyl (C=O) groups is 1. The molecule has 0 saturated carbocycles. The van der Waals surface area contributed by atoms with Gasteiger partial charge >= 0.3 is 0 Å². The molecule has 0 fully saturated rings. The van der Waals surface area contributed by atoms with E-state index >= 15 is 0 Å². The molecule has 0 saturated heterocycles. The molecule has 1 heterocycles. The van der Waals surface area contributed by atoms with Crippen LogP contribution in [0, 0.1) is 0 Å². The number of nitrogens with zero attached hydrogens (tertiary/aromatic N) is 4. The van der Waals surface area contributed by atoms with Crippen molar-refractivity contribution in [3.05, 3.63) is 11.9 Å². The maximum absolute atomic E-state index is 12.3. The Bertz CT molecular complexity index is 390. The first-order valence-electron chi connectivity index (χ1n) is 7.00. The molecule has 0 radical (unpaired) electrons. The molecule has 0 aliphatic heterocycles. The molecule has 1 unspecified atom stereocenters. The van der Waals surface area contributed by atoms with Crippen LogP contribution in [-0.4, -0.2) is 38.4 Å². The highest BCUT2D eigenvalue weighted by Crippen LogP contribution is 2.07. The highest BCUT2D eigenvalue weighted by molar-refractivity contribution is 5.76. The van der Waals surface area contributed by atoms with Gasteiger partial charge in [-0.2, -0.15) is 0 Å². The van der Waals surface area contributed by atoms with Gasteiger partial charge < -0.3 is 10.6 Å². The minimum Gasteiger partial charge on any atom is -0.338 e. The summed E-state index contributed by atoms with van der Waals surface area (Å²) < 4.78 is 1.56. The summed E-state index contributed by atoms with van der Waals surface area (Å²) in [4.78, 5) is 14.3. The number of unbranched alkanes of at least 4 members (excludes halogenated alkanes) is 1. The van der Waals surface area contributed by atoms with E-state index in [4.69, 9.17) is 5.73 Å². The lowest BCUT2D eigenvalue weighted by Crippen LogP contribution is -2.41. The van der Waals surface area contributed by atoms with Crippen molar-refractivity contribution in [2.45, 2.75) is 59.2 Å². The number of rotatable bonds is 8. The Hall–Kier alpha value is -1.43. The summed E-state index contributed by atoms with van der Waals surface area (Å²) >= 11 is 0. The van der Waals surface area contributed by atoms with Gasteiger partial charge in [-0.1, -0.05) is 25.5 Å². The van der Waals surface area contributed by atoms with Gasteiger partial charge in [-0.15, -0.1) is 5.10 Å². The van der Waals surface area contributed by atoms with Gasteiger partial charge in [0.05, 0.1) is 11.9 Å². The molecule has 0 spiro atoms. The molecule has 6 heteroatoms. The average molecular weight is 267 g/mol. The number of hydrogen-bond donors (Lipinski definition) is 1. The number of hydrogen-bond acceptors (Lipinski definition) is 4. The van der Waals surface area contributed by atoms with Crippen molar-refractivity contribution >= 4 is 5.91 Å². The predicted octanol–water partition coefficient (Wildman–Crippen LogP) is 1.16. The first-order valence-corrected chi connectivity index (χ1v) is 7.00. The molecule has 0 aliphatic rings. The van der Waals surface area contributed by atoms with Gasteiger partial charge in [0.1, 0.15) is 6.54 Å². The van der Waals surface area contributed by atoms with E-state index in [9.17, 15) is 4.79 Å². The topological polar surface area (TPSA) is 77.0 Å². The van der Waals surface area contributed by atoms with Gasteiger partial charge in [-0.25, -0.2) is 4.68 Å². The standard InChI is InChI=1S/C13H25N5O/c1-4-6-7-18(11(3)5-2)13(19)10-17-9-12(8-14)15-16-17/h9,11H,4-8,10,14H2,1-3H3. The molecule has 1 aromatic rings. The van der Waals surface area contributed by atoms with E-state index in [1.165, 1.54) is 0 Å². The number of carbonyl (C=O) groups excluding carboxylic acids is 1. The minimum atomic E-state index is 0.0938. The molecule has 2 N–H and O–H groups in total. The largest absolute Gasteiger partial charge is 0.338 e. The van der Waals surface area contributed by atoms with Gasteiger partial charge in [0.2, 0.25) is 5.91 Å². The SMILES string of the molecule is CCCCN(C(=O)Cn1cc(CN)nn1)C(C)CC. The third-order valence-corrected chi connectivity index (χ3v) is 3.29. The second kappa shape index (κ2) is 7.89. The lowest BCUT2D eigenvalue weighted by molar-refractivity contribution is -0.134. The van der Waals surface area contributed by atoms with Crippen molar-refractivity contribution in [1.29, 1.82) is 0 Å². The molecule has 1 rings (SSSR count). The number of nitrogens with two attached hydrogens (primary N) is 1. The minimum absolute atomic E-state index is 0.0938. The lowest BCUT2D eigenvalue weighted by Gasteiger charge is -2.28. The summed E-state index contributed by atoms with van der Waals surface area (Å²) in [7, 11) is 0. The van der Waals surface area contributed by atoms with Crippen LogP contribution in [0.2, 0.25) is 0 Å². The van der Waals surface area contributed by atoms with Crippen molar-refractivity contribution in [2.75, 3.05) is 6.54 Å². The zero-order valence-corrected chi connectivity index (χ0v) is 12.2. The van der Waals surface area contributed by atoms with Crippen LogP contribution in [0.4, 0.5) is 0 Å². The van der Waals surface area contributed by atoms with E-state index in [1.54, 1.807) is 10.9 Å². The summed E-state index contributed by atoms with van der Waals surface area (Å²) in [5.41, 5.74) is 6.18. The van der Waals surface area contributed by atoms with E-state index in [0.717, 1.165) is 25.8 Å². The van der Waals surface area contributed by atoms with Crippen molar-refractivity contribution in [3.8, 4) is 0 Å². The van der Waals surface area contributed by atoms with Crippen molar-refractivity contribution < 1.29 is 4.79 Å². The van der Waals surface area contributed by atoms with Crippen LogP contribution in [0.5, 0.6) is 0 Å². The van der Waals surface area contributed by atoms with Crippen LogP contribution in [0.25, 0.3) is 0 Å². The maximum Gasteiger partial charge on any atom is 0.244 e. The molecule has 108 valence electrons. The molecule has 0 aliphatic carbocycles. The normalized spacial score (nSPS) is 12.4. The van der Waals surface area contributed by atoms with Crippen LogP contribution in [-0.2, 0) is 17.9 Å². The van der Waals surface area contributed by atoms with Gasteiger partial charge in [0.25, 0.3) is 0 Å². The molecule has 0 bridgehead atoms. The molecule has 1 amide bonds. The van der Waals surface area contributed by atoms with Gasteiger partial charge in [-0.05, 0) is 19.8 Å². The Kier molecular flexibility index (Phi) is 6.49. The van der Waals surface area contributed by atoms with Crippen LogP contribution in [0.15, 0.2) is 6.20 Å². The Morgan fingerprint density at radius 2 is 2.26 bits per heavy atom. The number of amides is 1. The molecule has 6 nitrogen and oxygen atoms in total. The zero-order chi connectivity index (χ0) is 14.3. The first-order chi connectivity index (χ1) is 9.12. The average Bonchev–Trinajstić information content (AvgIpc) is 2.86. The molecule has 1 atom stereocenters. The fourth-order valence-corrected chi connectivity index (χ4v) is 1.88. The summed E-state index contributed by atoms with van der Waals surface area (Å²) in [6.45, 7) is 7.70. The van der Waals surface area contributed by atoms with Crippen LogP contribution in [0.1, 0.15) is 45.7 Å². The smallest absolute Gasteiger partial charge is 0.244 e. The van der Waals surface area contributed by atoms with Gasteiger partial charge in [0, 0.05) is 19.1 Å². The fourth-order valence-electron chi connectivity index (χ4n) is 1.88. The lowest BCUT2D eigenvalue weighted by atomic mass is 10.2. The Morgan fingerprint density at radius 3 is 2.79 bits per heavy atom. The van der Waals surface area contributed by atoms with E-state index in [0.29, 0.717) is 12.2 Å². The molecular weight excluding hydrogens is 242 g/mol. The Balaban J connectivity index is 2.64. The maximum atomic E-state index is 12.3. The molecule has 0 aromatic carbocycles. The highest BCUT2D eigenvalue weighted by atomic mass is 16.2. The summed E-state index contributed by atoms with van der Waals surface area (Å²) in [5, 5.41) is 7.81. The fraction of sp³-hybridized carbons (Fsp3) is 0.769. The second-order valence-corrected chi connectivity index (χ2v) is 4.81. The monoisotopic (exact) mass is 267 g/mol.